The number of nitrogens with zero attached hydrogens (tertiary/aromatic N) is 1. The number of carbonyl (C=O) groups excluding carboxylic acids is 5. The smallest absolute Gasteiger partial charge is 0.360 e. The second-order valence-electron chi connectivity index (χ2n) is 10.0. The van der Waals surface area contributed by atoms with Crippen LogP contribution in [0.1, 0.15) is 68.9 Å². The van der Waals surface area contributed by atoms with Crippen molar-refractivity contribution in [2.45, 2.75) is 58.7 Å². The van der Waals surface area contributed by atoms with Gasteiger partial charge in [-0.3, -0.25) is 19.2 Å². The summed E-state index contributed by atoms with van der Waals surface area (Å²) in [7, 11) is 2.48. The van der Waals surface area contributed by atoms with Crippen molar-refractivity contribution in [3.05, 3.63) is 17.8 Å². The van der Waals surface area contributed by atoms with Crippen LogP contribution in [0.25, 0.3) is 0 Å². The molecule has 35 heavy (non-hydrogen) atoms. The molecule has 7 atom stereocenters. The number of cyclic esters (lactones) is 1. The average Bonchev–Trinajstić information content (AvgIpc) is 3.29. The Labute approximate surface area is 201 Å². The highest BCUT2D eigenvalue weighted by Crippen LogP contribution is 2.65. The Morgan fingerprint density at radius 2 is 1.83 bits per heavy atom. The lowest BCUT2D eigenvalue weighted by Gasteiger charge is -2.60. The Morgan fingerprint density at radius 3 is 2.46 bits per heavy atom. The molecule has 0 spiro atoms. The van der Waals surface area contributed by atoms with Gasteiger partial charge in [0.2, 0.25) is 5.89 Å². The first kappa shape index (κ1) is 24.9. The lowest BCUT2D eigenvalue weighted by atomic mass is 9.43. The summed E-state index contributed by atoms with van der Waals surface area (Å²) in [6.45, 7) is 4.88. The monoisotopic (exact) mass is 491 g/mol. The molecular formula is C24H29NO10. The number of esters is 4. The van der Waals surface area contributed by atoms with Crippen molar-refractivity contribution in [1.82, 2.24) is 4.98 Å². The first-order valence-corrected chi connectivity index (χ1v) is 11.5. The van der Waals surface area contributed by atoms with E-state index in [1.807, 2.05) is 13.8 Å². The van der Waals surface area contributed by atoms with Gasteiger partial charge in [-0.25, -0.2) is 9.78 Å². The van der Waals surface area contributed by atoms with Crippen LogP contribution in [0.4, 0.5) is 0 Å². The van der Waals surface area contributed by atoms with Crippen molar-refractivity contribution in [1.29, 1.82) is 0 Å². The molecule has 2 aliphatic carbocycles. The molecule has 3 aliphatic rings. The lowest BCUT2D eigenvalue weighted by Crippen LogP contribution is -2.64. The van der Waals surface area contributed by atoms with E-state index in [1.54, 1.807) is 0 Å². The molecule has 0 aromatic carbocycles. The van der Waals surface area contributed by atoms with E-state index in [-0.39, 0.29) is 30.2 Å². The summed E-state index contributed by atoms with van der Waals surface area (Å²) in [6, 6.07) is 0. The normalized spacial score (nSPS) is 36.3. The van der Waals surface area contributed by atoms with Crippen LogP contribution in [0, 0.1) is 28.6 Å². The number of hydrogen-bond acceptors (Lipinski definition) is 11. The topological polar surface area (TPSA) is 148 Å². The molecule has 11 heteroatoms. The molecule has 1 aromatic rings. The summed E-state index contributed by atoms with van der Waals surface area (Å²) in [4.78, 5) is 67.5. The number of aromatic nitrogens is 1. The number of ether oxygens (including phenoxy) is 4. The van der Waals surface area contributed by atoms with E-state index in [4.69, 9.17) is 18.6 Å². The van der Waals surface area contributed by atoms with Crippen LogP contribution in [-0.2, 0) is 38.1 Å². The Kier molecular flexibility index (Phi) is 6.23. The largest absolute Gasteiger partial charge is 0.469 e. The molecule has 190 valence electrons. The maximum atomic E-state index is 13.8. The third-order valence-corrected chi connectivity index (χ3v) is 8.09. The standard InChI is InChI=1S/C24H29NO10/c1-11(26)34-15-8-13(20(28)31-4)23(2)7-6-12-21(29)35-16(9-24(12,3)18(23)17(15)27)19-25-14(10-33-19)22(30)32-5/h10,12-13,15-16,18H,6-9H2,1-5H3/t12-,13-,15-,16-,18-,23-,24-/m0/s1. The lowest BCUT2D eigenvalue weighted by molar-refractivity contribution is -0.211. The van der Waals surface area contributed by atoms with Gasteiger partial charge in [0.1, 0.15) is 6.26 Å². The first-order chi connectivity index (χ1) is 16.5. The van der Waals surface area contributed by atoms with E-state index >= 15 is 0 Å². The predicted octanol–water partition coefficient (Wildman–Crippen LogP) is 2.18. The second-order valence-corrected chi connectivity index (χ2v) is 10.0. The summed E-state index contributed by atoms with van der Waals surface area (Å²) in [5.74, 6) is -4.79. The van der Waals surface area contributed by atoms with E-state index in [0.29, 0.717) is 12.8 Å². The maximum absolute atomic E-state index is 13.8. The molecule has 1 aromatic heterocycles. The number of oxazole rings is 1. The van der Waals surface area contributed by atoms with Gasteiger partial charge in [-0.2, -0.15) is 0 Å². The van der Waals surface area contributed by atoms with Crippen LogP contribution in [-0.4, -0.2) is 55.0 Å². The first-order valence-electron chi connectivity index (χ1n) is 11.5. The summed E-state index contributed by atoms with van der Waals surface area (Å²) < 4.78 is 26.1. The number of fused-ring (bicyclic) bond motifs is 3. The number of ketones is 1. The fraction of sp³-hybridized carbons (Fsp3) is 0.667. The predicted molar refractivity (Wildman–Crippen MR) is 114 cm³/mol. The van der Waals surface area contributed by atoms with Crippen molar-refractivity contribution in [3.63, 3.8) is 0 Å². The van der Waals surface area contributed by atoms with Gasteiger partial charge in [0.05, 0.1) is 26.1 Å². The number of methoxy groups -OCH3 is 2. The third-order valence-electron chi connectivity index (χ3n) is 8.09. The van der Waals surface area contributed by atoms with Gasteiger partial charge in [-0.05, 0) is 23.7 Å². The van der Waals surface area contributed by atoms with Crippen LogP contribution in [0.5, 0.6) is 0 Å². The molecule has 2 saturated carbocycles. The Hall–Kier alpha value is -3.24. The van der Waals surface area contributed by atoms with Crippen molar-refractivity contribution in [3.8, 4) is 0 Å². The molecule has 1 aliphatic heterocycles. The molecule has 11 nitrogen and oxygen atoms in total. The third kappa shape index (κ3) is 3.90. The van der Waals surface area contributed by atoms with Crippen molar-refractivity contribution in [2.24, 2.45) is 28.6 Å². The van der Waals surface area contributed by atoms with Crippen LogP contribution >= 0.6 is 0 Å². The van der Waals surface area contributed by atoms with E-state index in [0.717, 1.165) is 6.26 Å². The molecule has 0 bridgehead atoms. The van der Waals surface area contributed by atoms with E-state index in [9.17, 15) is 24.0 Å². The van der Waals surface area contributed by atoms with E-state index in [2.05, 4.69) is 9.72 Å². The minimum absolute atomic E-state index is 0.00927. The van der Waals surface area contributed by atoms with Gasteiger partial charge in [0, 0.05) is 25.7 Å². The van der Waals surface area contributed by atoms with Crippen molar-refractivity contribution >= 4 is 29.7 Å². The van der Waals surface area contributed by atoms with Crippen LogP contribution in [0.2, 0.25) is 0 Å². The molecule has 2 heterocycles. The molecule has 0 N–H and O–H groups in total. The molecule has 1 saturated heterocycles. The minimum atomic E-state index is -1.13. The summed E-state index contributed by atoms with van der Waals surface area (Å²) in [5.41, 5.74) is -1.87. The van der Waals surface area contributed by atoms with Crippen molar-refractivity contribution < 1.29 is 47.3 Å². The molecule has 0 unspecified atom stereocenters. The van der Waals surface area contributed by atoms with Gasteiger partial charge in [0.25, 0.3) is 0 Å². The Bertz CT molecular complexity index is 1080. The number of rotatable bonds is 4. The van der Waals surface area contributed by atoms with Crippen LogP contribution < -0.4 is 0 Å². The highest BCUT2D eigenvalue weighted by Gasteiger charge is 2.68. The highest BCUT2D eigenvalue weighted by atomic mass is 16.6. The molecule has 0 amide bonds. The zero-order chi connectivity index (χ0) is 25.7. The van der Waals surface area contributed by atoms with Crippen LogP contribution in [0.15, 0.2) is 10.7 Å². The fourth-order valence-electron chi connectivity index (χ4n) is 6.59. The molecular weight excluding hydrogens is 462 g/mol. The Balaban J connectivity index is 1.76. The van der Waals surface area contributed by atoms with Gasteiger partial charge in [-0.1, -0.05) is 13.8 Å². The van der Waals surface area contributed by atoms with Gasteiger partial charge in [0.15, 0.2) is 23.7 Å². The quantitative estimate of drug-likeness (QED) is 0.450. The van der Waals surface area contributed by atoms with E-state index in [1.165, 1.54) is 21.1 Å². The second kappa shape index (κ2) is 8.76. The molecule has 4 rings (SSSR count). The van der Waals surface area contributed by atoms with Gasteiger partial charge in [-0.15, -0.1) is 0 Å². The van der Waals surface area contributed by atoms with Crippen molar-refractivity contribution in [2.75, 3.05) is 14.2 Å². The maximum Gasteiger partial charge on any atom is 0.360 e. The number of hydrogen-bond donors (Lipinski definition) is 0. The summed E-state index contributed by atoms with van der Waals surface area (Å²) in [6.07, 6.45) is 0.0440. The zero-order valence-electron chi connectivity index (χ0n) is 20.3. The highest BCUT2D eigenvalue weighted by molar-refractivity contribution is 5.93. The molecule has 0 radical (unpaired) electrons. The number of carbonyl (C=O) groups is 5. The summed E-state index contributed by atoms with van der Waals surface area (Å²) in [5, 5.41) is 0. The minimum Gasteiger partial charge on any atom is -0.469 e. The number of Topliss-reactive ketones (excluding diaryl/α,β-unsaturated/α-hetero) is 1. The molecule has 3 fully saturated rings. The average molecular weight is 491 g/mol. The van der Waals surface area contributed by atoms with Gasteiger partial charge < -0.3 is 23.4 Å². The van der Waals surface area contributed by atoms with E-state index < -0.39 is 64.7 Å². The fourth-order valence-corrected chi connectivity index (χ4v) is 6.59. The van der Waals surface area contributed by atoms with Crippen LogP contribution in [0.3, 0.4) is 0 Å². The SMILES string of the molecule is COC(=O)c1coc([C@@H]2C[C@]3(C)[C@H]4C(=O)[C@@H](OC(C)=O)C[C@@H](C(=O)OC)[C@]4(C)CC[C@H]3C(=O)O2)n1. The Morgan fingerprint density at radius 1 is 1.11 bits per heavy atom. The van der Waals surface area contributed by atoms with Gasteiger partial charge >= 0.3 is 23.9 Å². The zero-order valence-corrected chi connectivity index (χ0v) is 20.3. The summed E-state index contributed by atoms with van der Waals surface area (Å²) >= 11 is 0.